The van der Waals surface area contributed by atoms with Crippen molar-refractivity contribution in [3.05, 3.63) is 331 Å². The number of nitrogens with one attached hydrogen (secondary N) is 5. The first-order valence-electron chi connectivity index (χ1n) is 47.6. The van der Waals surface area contributed by atoms with E-state index in [-0.39, 0.29) is 62.1 Å². The topological polar surface area (TPSA) is 377 Å². The molecule has 30 nitrogen and oxygen atoms in total. The van der Waals surface area contributed by atoms with Gasteiger partial charge in [0.2, 0.25) is 29.7 Å². The van der Waals surface area contributed by atoms with Crippen molar-refractivity contribution < 1.29 is 47.5 Å². The van der Waals surface area contributed by atoms with Crippen LogP contribution in [0.25, 0.3) is 141 Å². The second-order valence-electron chi connectivity index (χ2n) is 33.8. The van der Waals surface area contributed by atoms with Gasteiger partial charge in [0.05, 0.1) is 118 Å². The number of benzene rings is 5. The second kappa shape index (κ2) is 48.0. The van der Waals surface area contributed by atoms with E-state index in [1.807, 2.05) is 151 Å². The summed E-state index contributed by atoms with van der Waals surface area (Å²) in [7, 11) is 0. The summed E-state index contributed by atoms with van der Waals surface area (Å²) in [5.41, 5.74) is 22.1. The summed E-state index contributed by atoms with van der Waals surface area (Å²) in [6, 6.07) is 58.7. The number of rotatable bonds is 33. The van der Waals surface area contributed by atoms with Crippen LogP contribution in [0.15, 0.2) is 274 Å². The number of anilines is 5. The van der Waals surface area contributed by atoms with Crippen molar-refractivity contribution in [1.29, 1.82) is 0 Å². The maximum absolute atomic E-state index is 13.5. The van der Waals surface area contributed by atoms with Gasteiger partial charge in [-0.2, -0.15) is 0 Å². The fourth-order valence-electron chi connectivity index (χ4n) is 15.8. The molecule has 5 aromatic carbocycles. The molecular formula is C109H108F5N25O5. The van der Waals surface area contributed by atoms with Crippen molar-refractivity contribution in [3.63, 3.8) is 0 Å². The Morgan fingerprint density at radius 3 is 0.729 bits per heavy atom. The van der Waals surface area contributed by atoms with E-state index in [0.29, 0.717) is 127 Å². The summed E-state index contributed by atoms with van der Waals surface area (Å²) in [5.74, 6) is 1.77. The lowest BCUT2D eigenvalue weighted by Crippen LogP contribution is -2.12. The molecule has 20 rings (SSSR count). The number of fused-ring (bicyclic) bond motifs is 5. The lowest BCUT2D eigenvalue weighted by molar-refractivity contribution is 0.281. The molecule has 0 bridgehead atoms. The van der Waals surface area contributed by atoms with Gasteiger partial charge in [-0.3, -0.25) is 22.0 Å². The minimum atomic E-state index is -0.303. The molecule has 144 heavy (non-hydrogen) atoms. The zero-order valence-electron chi connectivity index (χ0n) is 80.1. The van der Waals surface area contributed by atoms with E-state index in [9.17, 15) is 47.5 Å². The molecular weight excluding hydrogens is 1830 g/mol. The number of pyridine rings is 5. The van der Waals surface area contributed by atoms with Crippen molar-refractivity contribution in [2.75, 3.05) is 59.3 Å². The Labute approximate surface area is 826 Å². The third-order valence-electron chi connectivity index (χ3n) is 23.5. The number of hydrogen-bond acceptors (Lipinski definition) is 25. The number of aliphatic hydroxyl groups is 5. The SMILES string of the molecule is CCC(C)CNc1nccc(-c2c(-c3ccc(F)cc3)nc3cc(CO)ccn23)n1.CCCCCNc1nccc(-c2c(-c3ccc(F)cc3)nc3cc(CO)ccn23)n1.CCCCNc1nccc(-c2c(-c3ccc(F)cc3)nc3cc(CO)ccn23)n1.CCCNc1nccc(-c2c(-c3ccc(F)cc3)nc3cc(CO)ccn23)n1.CCNc1nccc(-c2c(-c3ccc(F)cc3)nc3cc(CO)ccn23)n1. The molecule has 0 saturated heterocycles. The van der Waals surface area contributed by atoms with Gasteiger partial charge in [-0.05, 0) is 272 Å². The second-order valence-corrected chi connectivity index (χ2v) is 33.8. The van der Waals surface area contributed by atoms with E-state index in [0.717, 1.165) is 155 Å². The third kappa shape index (κ3) is 24.2. The third-order valence-corrected chi connectivity index (χ3v) is 23.5. The van der Waals surface area contributed by atoms with E-state index in [1.54, 1.807) is 91.6 Å². The summed E-state index contributed by atoms with van der Waals surface area (Å²) in [6.45, 7) is 16.2. The Morgan fingerprint density at radius 1 is 0.264 bits per heavy atom. The Kier molecular flexibility index (Phi) is 33.5. The zero-order chi connectivity index (χ0) is 101. The minimum Gasteiger partial charge on any atom is -0.392 e. The van der Waals surface area contributed by atoms with Crippen LogP contribution in [0.4, 0.5) is 51.7 Å². The molecule has 0 aliphatic rings. The smallest absolute Gasteiger partial charge is 0.223 e. The summed E-state index contributed by atoms with van der Waals surface area (Å²) in [6.07, 6.45) is 25.4. The maximum atomic E-state index is 13.5. The molecule has 15 aromatic heterocycles. The number of imidazole rings is 5. The lowest BCUT2D eigenvalue weighted by atomic mass is 10.1. The van der Waals surface area contributed by atoms with Crippen molar-refractivity contribution in [1.82, 2.24) is 96.8 Å². The number of aliphatic hydroxyl groups excluding tert-OH is 5. The highest BCUT2D eigenvalue weighted by molar-refractivity contribution is 5.86. The van der Waals surface area contributed by atoms with Crippen molar-refractivity contribution >= 4 is 58.0 Å². The van der Waals surface area contributed by atoms with Crippen molar-refractivity contribution in [2.24, 2.45) is 5.92 Å². The fourth-order valence-corrected chi connectivity index (χ4v) is 15.8. The Morgan fingerprint density at radius 2 is 0.500 bits per heavy atom. The average molecular weight is 1940 g/mol. The standard InChI is InChI=1S/2C23H24FN5O.C22H22FN5O.C21H20FN5O.C20H18FN5O/c1-3-15(2)13-26-23-25-10-8-19(27-23)22-21(17-4-6-18(24)7-5-17)28-20-12-16(14-30)9-11-29(20)22;1-2-3-4-11-25-23-26-12-9-19(27-23)22-21(17-5-7-18(24)8-6-17)28-20-14-16(15-30)10-13-29(20)22;1-2-3-10-24-22-25-11-8-18(26-22)21-20(16-4-6-17(23)7-5-16)27-19-13-15(14-29)9-12-28(19)21;1-2-9-23-21-24-10-7-17(25-21)20-19(15-3-5-16(22)6-4-15)26-18-12-14(13-28)8-11-27(18)20;1-2-22-20-23-9-7-16(24-20)19-18(14-3-5-15(21)6-4-14)25-17-11-13(12-27)8-10-26(17)19/h4-12,15,30H,3,13-14H2,1-2H3,(H,25,26,27);5-10,12-14,30H,2-4,11,15H2,1H3,(H,25,26,27);4-9,11-13,29H,2-3,10,14H2,1H3,(H,24,25,26);3-8,10-12,28H,2,9,13H2,1H3,(H,23,24,25);3-11,27H,2,12H2,1H3,(H,22,23,24). The van der Waals surface area contributed by atoms with Gasteiger partial charge in [0.15, 0.2) is 0 Å². The zero-order valence-corrected chi connectivity index (χ0v) is 80.1. The van der Waals surface area contributed by atoms with Crippen LogP contribution >= 0.6 is 0 Å². The number of hydrogen-bond donors (Lipinski definition) is 10. The van der Waals surface area contributed by atoms with Crippen molar-refractivity contribution in [3.8, 4) is 113 Å². The lowest BCUT2D eigenvalue weighted by Gasteiger charge is -2.11. The van der Waals surface area contributed by atoms with Gasteiger partial charge in [0.25, 0.3) is 0 Å². The molecule has 1 atom stereocenters. The number of nitrogens with zero attached hydrogens (tertiary/aromatic N) is 20. The predicted octanol–water partition coefficient (Wildman–Crippen LogP) is 21.0. The van der Waals surface area contributed by atoms with Crippen LogP contribution in [-0.4, -0.2) is 155 Å². The molecule has 0 fully saturated rings. The Hall–Kier alpha value is -16.6. The predicted molar refractivity (Wildman–Crippen MR) is 550 cm³/mol. The summed E-state index contributed by atoms with van der Waals surface area (Å²) >= 11 is 0. The number of aromatic nitrogens is 20. The first kappa shape index (κ1) is 100. The van der Waals surface area contributed by atoms with Gasteiger partial charge >= 0.3 is 0 Å². The molecule has 0 saturated carbocycles. The highest BCUT2D eigenvalue weighted by atomic mass is 19.1. The van der Waals surface area contributed by atoms with Crippen LogP contribution in [0.3, 0.4) is 0 Å². The highest BCUT2D eigenvalue weighted by Gasteiger charge is 2.26. The number of unbranched alkanes of at least 4 members (excludes halogenated alkanes) is 3. The largest absolute Gasteiger partial charge is 0.392 e. The van der Waals surface area contributed by atoms with Crippen LogP contribution in [0, 0.1) is 35.0 Å². The molecule has 0 aliphatic carbocycles. The molecule has 20 aromatic rings. The van der Waals surface area contributed by atoms with Gasteiger partial charge < -0.3 is 52.1 Å². The molecule has 0 spiro atoms. The highest BCUT2D eigenvalue weighted by Crippen LogP contribution is 2.40. The molecule has 35 heteroatoms. The average Bonchev–Trinajstić information content (AvgIpc) is 1.63. The van der Waals surface area contributed by atoms with Gasteiger partial charge in [0, 0.05) is 123 Å². The van der Waals surface area contributed by atoms with E-state index in [1.165, 1.54) is 60.7 Å². The van der Waals surface area contributed by atoms with Gasteiger partial charge in [-0.1, -0.05) is 60.3 Å². The van der Waals surface area contributed by atoms with E-state index in [4.69, 9.17) is 34.9 Å². The normalized spacial score (nSPS) is 11.4. The maximum Gasteiger partial charge on any atom is 0.223 e. The monoisotopic (exact) mass is 1940 g/mol. The van der Waals surface area contributed by atoms with Gasteiger partial charge in [-0.25, -0.2) is 96.7 Å². The van der Waals surface area contributed by atoms with Gasteiger partial charge in [-0.15, -0.1) is 0 Å². The molecule has 0 aliphatic heterocycles. The van der Waals surface area contributed by atoms with Crippen LogP contribution in [0.5, 0.6) is 0 Å². The molecule has 0 radical (unpaired) electrons. The molecule has 734 valence electrons. The molecule has 15 heterocycles. The van der Waals surface area contributed by atoms with E-state index in [2.05, 4.69) is 101 Å². The summed E-state index contributed by atoms with van der Waals surface area (Å²) in [4.78, 5) is 68.5. The summed E-state index contributed by atoms with van der Waals surface area (Å²) in [5, 5.41) is 63.4. The fraction of sp³-hybridized carbons (Fsp3) is 0.220. The van der Waals surface area contributed by atoms with Crippen LogP contribution in [0.1, 0.15) is 114 Å². The first-order valence-corrected chi connectivity index (χ1v) is 47.6. The number of halogens is 5. The van der Waals surface area contributed by atoms with Crippen LogP contribution in [-0.2, 0) is 33.0 Å². The van der Waals surface area contributed by atoms with Crippen molar-refractivity contribution in [2.45, 2.75) is 120 Å². The van der Waals surface area contributed by atoms with Crippen LogP contribution < -0.4 is 26.6 Å². The van der Waals surface area contributed by atoms with Gasteiger partial charge in [0.1, 0.15) is 57.3 Å². The molecule has 1 unspecified atom stereocenters. The Balaban J connectivity index is 0.000000129. The molecule has 10 N–H and O–H groups in total. The summed E-state index contributed by atoms with van der Waals surface area (Å²) < 4.78 is 76.8. The Bertz CT molecular complexity index is 7720. The van der Waals surface area contributed by atoms with Crippen LogP contribution in [0.2, 0.25) is 0 Å². The van der Waals surface area contributed by atoms with E-state index >= 15 is 0 Å². The first-order chi connectivity index (χ1) is 70.3. The molecule has 0 amide bonds. The quantitative estimate of drug-likeness (QED) is 0.0135. The van der Waals surface area contributed by atoms with E-state index < -0.39 is 0 Å². The minimum absolute atomic E-state index is 0.0656.